The average Bonchev–Trinajstić information content (AvgIpc) is 3.28. The van der Waals surface area contributed by atoms with E-state index in [1.165, 1.54) is 25.0 Å². The third-order valence-corrected chi connectivity index (χ3v) is 4.18. The topological polar surface area (TPSA) is 29.3 Å². The Morgan fingerprint density at radius 1 is 1.14 bits per heavy atom. The van der Waals surface area contributed by atoms with Gasteiger partial charge in [0.05, 0.1) is 0 Å². The Hall–Kier alpha value is -1.00. The van der Waals surface area contributed by atoms with Crippen LogP contribution in [0.25, 0.3) is 0 Å². The Kier molecular flexibility index (Phi) is 5.71. The van der Waals surface area contributed by atoms with Crippen LogP contribution in [0.5, 0.6) is 0 Å². The van der Waals surface area contributed by atoms with Crippen LogP contribution in [-0.2, 0) is 0 Å². The summed E-state index contributed by atoms with van der Waals surface area (Å²) in [5, 5.41) is 0. The number of benzene rings is 1. The summed E-state index contributed by atoms with van der Waals surface area (Å²) in [5.41, 5.74) is 7.12. The normalized spacial score (nSPS) is 17.0. The first-order valence-electron chi connectivity index (χ1n) is 7.86. The van der Waals surface area contributed by atoms with E-state index >= 15 is 0 Å². The number of hydrogen-bond donors (Lipinski definition) is 1. The molecule has 0 saturated heterocycles. The summed E-state index contributed by atoms with van der Waals surface area (Å²) >= 11 is 0. The molecule has 4 heteroatoms. The second kappa shape index (κ2) is 7.32. The van der Waals surface area contributed by atoms with Gasteiger partial charge in [0.1, 0.15) is 0 Å². The Morgan fingerprint density at radius 3 is 2.14 bits per heavy atom. The maximum atomic E-state index is 12.7. The van der Waals surface area contributed by atoms with Gasteiger partial charge in [0.2, 0.25) is 0 Å². The van der Waals surface area contributed by atoms with E-state index in [-0.39, 0.29) is 11.6 Å². The van der Waals surface area contributed by atoms with Gasteiger partial charge < -0.3 is 5.73 Å². The van der Waals surface area contributed by atoms with E-state index in [1.54, 1.807) is 0 Å². The Balaban J connectivity index is 2.11. The van der Waals surface area contributed by atoms with E-state index < -0.39 is 6.43 Å². The highest BCUT2D eigenvalue weighted by Crippen LogP contribution is 2.35. The van der Waals surface area contributed by atoms with Crippen molar-refractivity contribution in [2.24, 2.45) is 11.7 Å². The minimum atomic E-state index is -2.41. The van der Waals surface area contributed by atoms with Crippen LogP contribution in [0.15, 0.2) is 24.3 Å². The van der Waals surface area contributed by atoms with Crippen LogP contribution in [0.1, 0.15) is 56.7 Å². The molecular formula is C17H26F2N2. The van der Waals surface area contributed by atoms with Crippen molar-refractivity contribution in [3.63, 3.8) is 0 Å². The fourth-order valence-electron chi connectivity index (χ4n) is 2.73. The van der Waals surface area contributed by atoms with Crippen LogP contribution in [0.2, 0.25) is 0 Å². The molecule has 2 nitrogen and oxygen atoms in total. The van der Waals surface area contributed by atoms with E-state index in [2.05, 4.69) is 18.7 Å². The first-order chi connectivity index (χ1) is 10.0. The zero-order chi connectivity index (χ0) is 15.4. The van der Waals surface area contributed by atoms with Crippen molar-refractivity contribution in [3.05, 3.63) is 35.4 Å². The van der Waals surface area contributed by atoms with Crippen LogP contribution in [0, 0.1) is 5.92 Å². The Labute approximate surface area is 126 Å². The van der Waals surface area contributed by atoms with Crippen molar-refractivity contribution in [1.29, 1.82) is 0 Å². The molecule has 0 radical (unpaired) electrons. The quantitative estimate of drug-likeness (QED) is 0.781. The van der Waals surface area contributed by atoms with E-state index in [1.807, 2.05) is 12.1 Å². The molecule has 0 heterocycles. The monoisotopic (exact) mass is 296 g/mol. The summed E-state index contributed by atoms with van der Waals surface area (Å²) in [6.45, 7) is 6.00. The molecule has 1 saturated carbocycles. The van der Waals surface area contributed by atoms with E-state index in [9.17, 15) is 8.78 Å². The predicted molar refractivity (Wildman–Crippen MR) is 82.4 cm³/mol. The Morgan fingerprint density at radius 2 is 1.71 bits per heavy atom. The van der Waals surface area contributed by atoms with Gasteiger partial charge in [-0.05, 0) is 37.3 Å². The largest absolute Gasteiger partial charge is 0.329 e. The second-order valence-electron chi connectivity index (χ2n) is 6.37. The van der Waals surface area contributed by atoms with Crippen molar-refractivity contribution in [3.8, 4) is 0 Å². The minimum Gasteiger partial charge on any atom is -0.329 e. The smallest absolute Gasteiger partial charge is 0.263 e. The van der Waals surface area contributed by atoms with Gasteiger partial charge in [-0.25, -0.2) is 8.78 Å². The second-order valence-corrected chi connectivity index (χ2v) is 6.37. The van der Waals surface area contributed by atoms with Crippen molar-refractivity contribution in [1.82, 2.24) is 4.90 Å². The zero-order valence-corrected chi connectivity index (χ0v) is 12.9. The summed E-state index contributed by atoms with van der Waals surface area (Å²) in [5.74, 6) is 0.658. The highest BCUT2D eigenvalue weighted by Gasteiger charge is 2.33. The molecule has 0 aromatic heterocycles. The van der Waals surface area contributed by atoms with E-state index in [0.717, 1.165) is 18.5 Å². The van der Waals surface area contributed by atoms with Crippen LogP contribution in [-0.4, -0.2) is 24.0 Å². The van der Waals surface area contributed by atoms with Gasteiger partial charge in [0.15, 0.2) is 0 Å². The van der Waals surface area contributed by atoms with Gasteiger partial charge in [-0.1, -0.05) is 38.1 Å². The molecule has 21 heavy (non-hydrogen) atoms. The first kappa shape index (κ1) is 16.4. The molecule has 1 aliphatic rings. The van der Waals surface area contributed by atoms with E-state index in [4.69, 9.17) is 5.73 Å². The third-order valence-electron chi connectivity index (χ3n) is 4.18. The van der Waals surface area contributed by atoms with Gasteiger partial charge in [-0.15, -0.1) is 0 Å². The lowest BCUT2D eigenvalue weighted by Crippen LogP contribution is -2.36. The lowest BCUT2D eigenvalue weighted by molar-refractivity contribution is 0.151. The highest BCUT2D eigenvalue weighted by atomic mass is 19.3. The van der Waals surface area contributed by atoms with E-state index in [0.29, 0.717) is 18.5 Å². The molecule has 2 N–H and O–H groups in total. The van der Waals surface area contributed by atoms with Crippen molar-refractivity contribution >= 4 is 0 Å². The molecule has 0 spiro atoms. The van der Waals surface area contributed by atoms with Crippen molar-refractivity contribution in [2.45, 2.75) is 51.6 Å². The lowest BCUT2D eigenvalue weighted by atomic mass is 10.0. The third kappa shape index (κ3) is 4.48. The highest BCUT2D eigenvalue weighted by molar-refractivity contribution is 5.26. The Bertz CT molecular complexity index is 427. The summed E-state index contributed by atoms with van der Waals surface area (Å²) < 4.78 is 25.3. The van der Waals surface area contributed by atoms with Gasteiger partial charge in [-0.2, -0.15) is 0 Å². The fraction of sp³-hybridized carbons (Fsp3) is 0.647. The van der Waals surface area contributed by atoms with Gasteiger partial charge in [0, 0.05) is 24.2 Å². The summed E-state index contributed by atoms with van der Waals surface area (Å²) in [7, 11) is 0. The standard InChI is InChI=1S/C17H26F2N2/c1-12(2)9-10-21(15-7-8-15)16(11-20)13-3-5-14(6-4-13)17(18)19/h3-6,12,15-17H,7-11,20H2,1-2H3. The van der Waals surface area contributed by atoms with Gasteiger partial charge in [0.25, 0.3) is 6.43 Å². The van der Waals surface area contributed by atoms with Crippen molar-refractivity contribution in [2.75, 3.05) is 13.1 Å². The number of halogens is 2. The molecule has 0 bridgehead atoms. The van der Waals surface area contributed by atoms with Crippen molar-refractivity contribution < 1.29 is 8.78 Å². The number of alkyl halides is 2. The minimum absolute atomic E-state index is 0.0784. The molecule has 1 aliphatic carbocycles. The molecular weight excluding hydrogens is 270 g/mol. The van der Waals surface area contributed by atoms with Crippen LogP contribution in [0.3, 0.4) is 0 Å². The number of nitrogens with two attached hydrogens (primary N) is 1. The number of hydrogen-bond acceptors (Lipinski definition) is 2. The zero-order valence-electron chi connectivity index (χ0n) is 12.9. The van der Waals surface area contributed by atoms with Crippen LogP contribution in [0.4, 0.5) is 8.78 Å². The lowest BCUT2D eigenvalue weighted by Gasteiger charge is -2.32. The maximum absolute atomic E-state index is 12.7. The van der Waals surface area contributed by atoms with Gasteiger partial charge in [-0.3, -0.25) is 4.90 Å². The number of rotatable bonds is 8. The molecule has 1 atom stereocenters. The predicted octanol–water partition coefficient (Wildman–Crippen LogP) is 4.13. The first-order valence-corrected chi connectivity index (χ1v) is 7.86. The molecule has 1 aromatic carbocycles. The molecule has 1 unspecified atom stereocenters. The average molecular weight is 296 g/mol. The summed E-state index contributed by atoms with van der Waals surface area (Å²) in [6, 6.07) is 7.43. The maximum Gasteiger partial charge on any atom is 0.263 e. The number of nitrogens with zero attached hydrogens (tertiary/aromatic N) is 1. The molecule has 1 fully saturated rings. The fourth-order valence-corrected chi connectivity index (χ4v) is 2.73. The van der Waals surface area contributed by atoms with Crippen LogP contribution < -0.4 is 5.73 Å². The SMILES string of the molecule is CC(C)CCN(C1CC1)C(CN)c1ccc(C(F)F)cc1. The van der Waals surface area contributed by atoms with Crippen LogP contribution >= 0.6 is 0 Å². The molecule has 0 aliphatic heterocycles. The summed E-state index contributed by atoms with van der Waals surface area (Å²) in [4.78, 5) is 2.47. The molecule has 0 amide bonds. The summed E-state index contributed by atoms with van der Waals surface area (Å²) in [6.07, 6.45) is 1.19. The molecule has 1 aromatic rings. The molecule has 118 valence electrons. The van der Waals surface area contributed by atoms with Gasteiger partial charge >= 0.3 is 0 Å². The molecule has 2 rings (SSSR count).